The molecule has 0 saturated heterocycles. The van der Waals surface area contributed by atoms with Crippen LogP contribution in [0.4, 0.5) is 5.69 Å². The molecule has 1 aromatic rings. The number of benzene rings is 1. The number of hydrogen-bond donors (Lipinski definition) is 1. The van der Waals surface area contributed by atoms with E-state index in [1.807, 2.05) is 32.0 Å². The average Bonchev–Trinajstić information content (AvgIpc) is 2.41. The Labute approximate surface area is 83.5 Å². The number of carbonyl (C=O) groups is 1. The molecule has 1 atom stereocenters. The van der Waals surface area contributed by atoms with Crippen molar-refractivity contribution in [2.24, 2.45) is 5.73 Å². The number of aryl methyl sites for hydroxylation is 1. The second kappa shape index (κ2) is 3.10. The molecule has 14 heavy (non-hydrogen) atoms. The number of carbonyl (C=O) groups excluding carboxylic acids is 1. The van der Waals surface area contributed by atoms with E-state index in [1.165, 1.54) is 0 Å². The van der Waals surface area contributed by atoms with Gasteiger partial charge < -0.3 is 10.6 Å². The molecule has 0 spiro atoms. The molecule has 2 rings (SSSR count). The standard InChI is InChI=1S/C11H14N2O/c1-3-13-9-5-4-7(2)6-8(9)10(12)11(13)14/h4-6,10H,3,12H2,1-2H3/t10-/m0/s1. The Morgan fingerprint density at radius 2 is 2.21 bits per heavy atom. The number of hydrogen-bond acceptors (Lipinski definition) is 2. The molecule has 0 aromatic heterocycles. The van der Waals surface area contributed by atoms with Gasteiger partial charge in [0.1, 0.15) is 6.04 Å². The molecule has 3 heteroatoms. The minimum Gasteiger partial charge on any atom is -0.316 e. The smallest absolute Gasteiger partial charge is 0.248 e. The summed E-state index contributed by atoms with van der Waals surface area (Å²) in [5.74, 6) is 0.00750. The van der Waals surface area contributed by atoms with E-state index in [0.717, 1.165) is 16.8 Å². The first-order chi connectivity index (χ1) is 6.65. The average molecular weight is 190 g/mol. The number of anilines is 1. The van der Waals surface area contributed by atoms with E-state index < -0.39 is 6.04 Å². The molecule has 0 unspecified atom stereocenters. The molecule has 1 aliphatic heterocycles. The topological polar surface area (TPSA) is 46.3 Å². The molecule has 1 aliphatic rings. The van der Waals surface area contributed by atoms with Crippen LogP contribution in [0.3, 0.4) is 0 Å². The maximum absolute atomic E-state index is 11.7. The van der Waals surface area contributed by atoms with Gasteiger partial charge in [-0.1, -0.05) is 17.7 Å². The first-order valence-corrected chi connectivity index (χ1v) is 4.82. The number of fused-ring (bicyclic) bond motifs is 1. The fourth-order valence-corrected chi connectivity index (χ4v) is 1.91. The maximum atomic E-state index is 11.7. The molecule has 0 fully saturated rings. The van der Waals surface area contributed by atoms with Crippen molar-refractivity contribution in [3.05, 3.63) is 29.3 Å². The third-order valence-corrected chi connectivity index (χ3v) is 2.66. The van der Waals surface area contributed by atoms with Crippen molar-refractivity contribution < 1.29 is 4.79 Å². The summed E-state index contributed by atoms with van der Waals surface area (Å²) in [5.41, 5.74) is 8.90. The van der Waals surface area contributed by atoms with E-state index in [9.17, 15) is 4.79 Å². The predicted octanol–water partition coefficient (Wildman–Crippen LogP) is 1.36. The van der Waals surface area contributed by atoms with Crippen LogP contribution in [0, 0.1) is 6.92 Å². The van der Waals surface area contributed by atoms with Crippen LogP contribution >= 0.6 is 0 Å². The second-order valence-corrected chi connectivity index (χ2v) is 3.62. The number of nitrogens with two attached hydrogens (primary N) is 1. The van der Waals surface area contributed by atoms with Crippen LogP contribution in [-0.4, -0.2) is 12.5 Å². The van der Waals surface area contributed by atoms with Crippen molar-refractivity contribution in [2.45, 2.75) is 19.9 Å². The second-order valence-electron chi connectivity index (χ2n) is 3.62. The first kappa shape index (κ1) is 9.21. The maximum Gasteiger partial charge on any atom is 0.248 e. The first-order valence-electron chi connectivity index (χ1n) is 4.82. The van der Waals surface area contributed by atoms with Crippen molar-refractivity contribution >= 4 is 11.6 Å². The molecule has 0 saturated carbocycles. The SMILES string of the molecule is CCN1C(=O)[C@@H](N)c2cc(C)ccc21. The predicted molar refractivity (Wildman–Crippen MR) is 56.1 cm³/mol. The Hall–Kier alpha value is -1.35. The van der Waals surface area contributed by atoms with Gasteiger partial charge in [-0.05, 0) is 19.9 Å². The van der Waals surface area contributed by atoms with Gasteiger partial charge in [-0.2, -0.15) is 0 Å². The van der Waals surface area contributed by atoms with Gasteiger partial charge in [0.2, 0.25) is 5.91 Å². The van der Waals surface area contributed by atoms with E-state index in [1.54, 1.807) is 4.90 Å². The number of rotatable bonds is 1. The molecular weight excluding hydrogens is 176 g/mol. The van der Waals surface area contributed by atoms with Crippen LogP contribution in [0.25, 0.3) is 0 Å². The molecule has 1 heterocycles. The van der Waals surface area contributed by atoms with E-state index in [4.69, 9.17) is 5.73 Å². The van der Waals surface area contributed by atoms with E-state index in [2.05, 4.69) is 0 Å². The Kier molecular flexibility index (Phi) is 2.04. The van der Waals surface area contributed by atoms with Crippen LogP contribution in [0.15, 0.2) is 18.2 Å². The quantitative estimate of drug-likeness (QED) is 0.726. The van der Waals surface area contributed by atoms with Crippen LogP contribution in [-0.2, 0) is 4.79 Å². The zero-order valence-corrected chi connectivity index (χ0v) is 8.45. The van der Waals surface area contributed by atoms with Gasteiger partial charge in [-0.25, -0.2) is 0 Å². The number of nitrogens with zero attached hydrogens (tertiary/aromatic N) is 1. The van der Waals surface area contributed by atoms with Gasteiger partial charge >= 0.3 is 0 Å². The molecule has 0 radical (unpaired) electrons. The molecule has 1 aromatic carbocycles. The fraction of sp³-hybridized carbons (Fsp3) is 0.364. The molecule has 3 nitrogen and oxygen atoms in total. The number of likely N-dealkylation sites (N-methyl/N-ethyl adjacent to an activating group) is 1. The van der Waals surface area contributed by atoms with E-state index >= 15 is 0 Å². The molecule has 2 N–H and O–H groups in total. The van der Waals surface area contributed by atoms with Gasteiger partial charge in [0, 0.05) is 17.8 Å². The van der Waals surface area contributed by atoms with Gasteiger partial charge in [0.15, 0.2) is 0 Å². The lowest BCUT2D eigenvalue weighted by Crippen LogP contribution is -2.31. The molecular formula is C11H14N2O. The van der Waals surface area contributed by atoms with Crippen molar-refractivity contribution in [3.63, 3.8) is 0 Å². The minimum absolute atomic E-state index is 0.00750. The summed E-state index contributed by atoms with van der Waals surface area (Å²) in [5, 5.41) is 0. The van der Waals surface area contributed by atoms with Crippen LogP contribution < -0.4 is 10.6 Å². The third-order valence-electron chi connectivity index (χ3n) is 2.66. The molecule has 0 bridgehead atoms. The fourth-order valence-electron chi connectivity index (χ4n) is 1.91. The Morgan fingerprint density at radius 3 is 2.86 bits per heavy atom. The van der Waals surface area contributed by atoms with Crippen molar-refractivity contribution in [2.75, 3.05) is 11.4 Å². The lowest BCUT2D eigenvalue weighted by Gasteiger charge is -2.14. The zero-order valence-electron chi connectivity index (χ0n) is 8.45. The van der Waals surface area contributed by atoms with Crippen molar-refractivity contribution in [1.29, 1.82) is 0 Å². The Morgan fingerprint density at radius 1 is 1.50 bits per heavy atom. The van der Waals surface area contributed by atoms with E-state index in [0.29, 0.717) is 6.54 Å². The molecule has 1 amide bonds. The zero-order chi connectivity index (χ0) is 10.3. The van der Waals surface area contributed by atoms with Gasteiger partial charge in [0.05, 0.1) is 0 Å². The van der Waals surface area contributed by atoms with Crippen LogP contribution in [0.5, 0.6) is 0 Å². The summed E-state index contributed by atoms with van der Waals surface area (Å²) in [4.78, 5) is 13.4. The number of amides is 1. The molecule has 0 aliphatic carbocycles. The molecule has 74 valence electrons. The van der Waals surface area contributed by atoms with Crippen LogP contribution in [0.2, 0.25) is 0 Å². The summed E-state index contributed by atoms with van der Waals surface area (Å²) in [6, 6.07) is 5.50. The highest BCUT2D eigenvalue weighted by Gasteiger charge is 2.33. The summed E-state index contributed by atoms with van der Waals surface area (Å²) >= 11 is 0. The van der Waals surface area contributed by atoms with Gasteiger partial charge in [-0.15, -0.1) is 0 Å². The minimum atomic E-state index is -0.468. The lowest BCUT2D eigenvalue weighted by molar-refractivity contribution is -0.119. The highest BCUT2D eigenvalue weighted by molar-refractivity contribution is 6.04. The monoisotopic (exact) mass is 190 g/mol. The summed E-state index contributed by atoms with van der Waals surface area (Å²) in [6.45, 7) is 4.65. The Bertz CT molecular complexity index is 387. The summed E-state index contributed by atoms with van der Waals surface area (Å²) in [7, 11) is 0. The van der Waals surface area contributed by atoms with Gasteiger partial charge in [0.25, 0.3) is 0 Å². The normalized spacial score (nSPS) is 20.1. The van der Waals surface area contributed by atoms with E-state index in [-0.39, 0.29) is 5.91 Å². The van der Waals surface area contributed by atoms with Crippen molar-refractivity contribution in [3.8, 4) is 0 Å². The Balaban J connectivity index is 2.55. The van der Waals surface area contributed by atoms with Crippen molar-refractivity contribution in [1.82, 2.24) is 0 Å². The summed E-state index contributed by atoms with van der Waals surface area (Å²) in [6.07, 6.45) is 0. The summed E-state index contributed by atoms with van der Waals surface area (Å²) < 4.78 is 0. The van der Waals surface area contributed by atoms with Crippen LogP contribution in [0.1, 0.15) is 24.1 Å². The highest BCUT2D eigenvalue weighted by atomic mass is 16.2. The largest absolute Gasteiger partial charge is 0.316 e. The lowest BCUT2D eigenvalue weighted by atomic mass is 10.1. The highest BCUT2D eigenvalue weighted by Crippen LogP contribution is 2.34. The van der Waals surface area contributed by atoms with Gasteiger partial charge in [-0.3, -0.25) is 4.79 Å². The third kappa shape index (κ3) is 1.13.